The number of phenols is 1. The molecule has 240 valence electrons. The summed E-state index contributed by atoms with van der Waals surface area (Å²) >= 11 is 0. The maximum absolute atomic E-state index is 10.9. The Morgan fingerprint density at radius 3 is 1.00 bits per heavy atom. The minimum Gasteiger partial charge on any atom is -0.508 e. The molecule has 1 aromatic rings. The Balaban J connectivity index is 2.51. The van der Waals surface area contributed by atoms with Crippen LogP contribution in [0.5, 0.6) is 5.75 Å². The van der Waals surface area contributed by atoms with Gasteiger partial charge in [-0.05, 0) is 61.3 Å². The fraction of sp³-hybridized carbons (Fsp3) is 0.850. The number of aromatic hydroxyl groups is 1. The van der Waals surface area contributed by atoms with Crippen molar-refractivity contribution in [2.24, 2.45) is 0 Å². The van der Waals surface area contributed by atoms with Crippen LogP contribution in [0.1, 0.15) is 217 Å². The summed E-state index contributed by atoms with van der Waals surface area (Å²) in [5.74, 6) is 0.571. The van der Waals surface area contributed by atoms with Crippen LogP contribution in [0.15, 0.2) is 12.1 Å². The Bertz CT molecular complexity index is 678. The molecule has 0 heterocycles. The smallest absolute Gasteiger partial charge is 0.119 e. The molecule has 0 aliphatic heterocycles. The number of phenolic OH excluding ortho intramolecular Hbond substituents is 1. The maximum atomic E-state index is 10.9. The maximum Gasteiger partial charge on any atom is 0.119 e. The lowest BCUT2D eigenvalue weighted by Gasteiger charge is -2.17. The van der Waals surface area contributed by atoms with Crippen LogP contribution in [0.2, 0.25) is 0 Å². The third-order valence-electron chi connectivity index (χ3n) is 9.36. The summed E-state index contributed by atoms with van der Waals surface area (Å²) in [5, 5.41) is 10.9. The predicted octanol–water partition coefficient (Wildman–Crippen LogP) is 14.0. The van der Waals surface area contributed by atoms with Gasteiger partial charge in [0.15, 0.2) is 0 Å². The van der Waals surface area contributed by atoms with E-state index < -0.39 is 0 Å². The first-order valence-corrected chi connectivity index (χ1v) is 19.1. The summed E-state index contributed by atoms with van der Waals surface area (Å²) < 4.78 is 0. The average Bonchev–Trinajstić information content (AvgIpc) is 2.98. The van der Waals surface area contributed by atoms with Crippen molar-refractivity contribution >= 4 is 0 Å². The molecular weight excluding hydrogens is 496 g/mol. The number of aryl methyl sites for hydroxylation is 1. The molecule has 0 aromatic heterocycles. The Labute approximate surface area is 259 Å². The second-order valence-electron chi connectivity index (χ2n) is 13.3. The summed E-state index contributed by atoms with van der Waals surface area (Å²) in [4.78, 5) is 0. The third kappa shape index (κ3) is 21.4. The first kappa shape index (κ1) is 38.0. The van der Waals surface area contributed by atoms with Crippen LogP contribution in [-0.4, -0.2) is 5.11 Å². The molecule has 0 aliphatic carbocycles. The van der Waals surface area contributed by atoms with E-state index in [1.165, 1.54) is 204 Å². The normalized spacial score (nSPS) is 11.5. The third-order valence-corrected chi connectivity index (χ3v) is 9.36. The molecule has 0 radical (unpaired) electrons. The van der Waals surface area contributed by atoms with Crippen LogP contribution in [0.3, 0.4) is 0 Å². The van der Waals surface area contributed by atoms with Gasteiger partial charge in [-0.2, -0.15) is 0 Å². The molecule has 1 heteroatoms. The van der Waals surface area contributed by atoms with Gasteiger partial charge in [0.1, 0.15) is 5.75 Å². The molecule has 0 fully saturated rings. The van der Waals surface area contributed by atoms with E-state index in [-0.39, 0.29) is 0 Å². The molecular formula is C40H74O. The van der Waals surface area contributed by atoms with Crippen molar-refractivity contribution in [1.82, 2.24) is 0 Å². The molecule has 0 saturated heterocycles. The van der Waals surface area contributed by atoms with Gasteiger partial charge >= 0.3 is 0 Å². The van der Waals surface area contributed by atoms with Gasteiger partial charge < -0.3 is 5.11 Å². The van der Waals surface area contributed by atoms with E-state index in [4.69, 9.17) is 0 Å². The first-order chi connectivity index (χ1) is 20.2. The lowest BCUT2D eigenvalue weighted by Crippen LogP contribution is -2.03. The van der Waals surface area contributed by atoms with E-state index in [9.17, 15) is 5.11 Å². The zero-order valence-electron chi connectivity index (χ0n) is 28.5. The van der Waals surface area contributed by atoms with Gasteiger partial charge in [-0.3, -0.25) is 0 Å². The van der Waals surface area contributed by atoms with Crippen molar-refractivity contribution in [3.8, 4) is 5.75 Å². The summed E-state index contributed by atoms with van der Waals surface area (Å²) in [6.07, 6.45) is 42.1. The summed E-state index contributed by atoms with van der Waals surface area (Å²) in [6, 6.07) is 4.29. The number of rotatable bonds is 31. The Kier molecular flexibility index (Phi) is 27.0. The lowest BCUT2D eigenvalue weighted by molar-refractivity contribution is 0.463. The highest BCUT2D eigenvalue weighted by Gasteiger charge is 2.13. The Morgan fingerprint density at radius 1 is 0.341 bits per heavy atom. The van der Waals surface area contributed by atoms with Crippen molar-refractivity contribution in [1.29, 1.82) is 0 Å². The van der Waals surface area contributed by atoms with E-state index in [0.717, 1.165) is 6.42 Å². The van der Waals surface area contributed by atoms with E-state index in [2.05, 4.69) is 26.8 Å². The molecule has 0 amide bonds. The van der Waals surface area contributed by atoms with Crippen LogP contribution < -0.4 is 0 Å². The zero-order chi connectivity index (χ0) is 29.6. The van der Waals surface area contributed by atoms with Crippen LogP contribution >= 0.6 is 0 Å². The molecule has 0 atom stereocenters. The average molecular weight is 571 g/mol. The number of unbranched alkanes of at least 4 members (excludes halogenated alkanes) is 25. The number of hydrogen-bond acceptors (Lipinski definition) is 1. The predicted molar refractivity (Wildman–Crippen MR) is 186 cm³/mol. The highest BCUT2D eigenvalue weighted by atomic mass is 16.3. The Morgan fingerprint density at radius 2 is 0.634 bits per heavy atom. The molecule has 0 spiro atoms. The van der Waals surface area contributed by atoms with Gasteiger partial charge in [0.2, 0.25) is 0 Å². The lowest BCUT2D eigenvalue weighted by atomic mass is 9.89. The fourth-order valence-corrected chi connectivity index (χ4v) is 6.58. The molecule has 0 aliphatic rings. The van der Waals surface area contributed by atoms with Crippen molar-refractivity contribution in [2.45, 2.75) is 220 Å². The quantitative estimate of drug-likeness (QED) is 0.0880. The van der Waals surface area contributed by atoms with Gasteiger partial charge in [-0.25, -0.2) is 0 Å². The highest BCUT2D eigenvalue weighted by Crippen LogP contribution is 2.30. The van der Waals surface area contributed by atoms with Crippen molar-refractivity contribution in [3.05, 3.63) is 28.8 Å². The van der Waals surface area contributed by atoms with Crippen molar-refractivity contribution in [2.75, 3.05) is 0 Å². The molecule has 0 saturated carbocycles. The molecule has 0 bridgehead atoms. The van der Waals surface area contributed by atoms with Gasteiger partial charge in [0.25, 0.3) is 0 Å². The van der Waals surface area contributed by atoms with Crippen LogP contribution in [0, 0.1) is 0 Å². The molecule has 41 heavy (non-hydrogen) atoms. The molecule has 0 unspecified atom stereocenters. The summed E-state index contributed by atoms with van der Waals surface area (Å²) in [6.45, 7) is 6.90. The molecule has 1 N–H and O–H groups in total. The second kappa shape index (κ2) is 29.1. The van der Waals surface area contributed by atoms with Crippen LogP contribution in [0.4, 0.5) is 0 Å². The standard InChI is InChI=1S/C40H74O/c1-4-7-10-13-16-19-21-23-26-29-32-37-35-36-40(41)39(34-31-28-24-18-15-12-9-6-3)38(37)33-30-27-25-22-20-17-14-11-8-5-2/h35-36,41H,4-34H2,1-3H3. The van der Waals surface area contributed by atoms with Crippen LogP contribution in [0.25, 0.3) is 0 Å². The first-order valence-electron chi connectivity index (χ1n) is 19.1. The van der Waals surface area contributed by atoms with E-state index in [0.29, 0.717) is 5.75 Å². The van der Waals surface area contributed by atoms with Gasteiger partial charge in [-0.15, -0.1) is 0 Å². The van der Waals surface area contributed by atoms with E-state index in [1.54, 1.807) is 5.56 Å². The zero-order valence-corrected chi connectivity index (χ0v) is 28.5. The Hall–Kier alpha value is -0.980. The van der Waals surface area contributed by atoms with Gasteiger partial charge in [-0.1, -0.05) is 187 Å². The van der Waals surface area contributed by atoms with Crippen molar-refractivity contribution < 1.29 is 5.11 Å². The molecule has 1 nitrogen and oxygen atoms in total. The molecule has 1 aromatic carbocycles. The van der Waals surface area contributed by atoms with Gasteiger partial charge in [0, 0.05) is 0 Å². The van der Waals surface area contributed by atoms with Crippen LogP contribution in [-0.2, 0) is 19.3 Å². The minimum absolute atomic E-state index is 0.571. The van der Waals surface area contributed by atoms with Crippen molar-refractivity contribution in [3.63, 3.8) is 0 Å². The molecule has 1 rings (SSSR count). The van der Waals surface area contributed by atoms with Gasteiger partial charge in [0.05, 0.1) is 0 Å². The number of hydrogen-bond donors (Lipinski definition) is 1. The highest BCUT2D eigenvalue weighted by molar-refractivity contribution is 5.45. The monoisotopic (exact) mass is 571 g/mol. The second-order valence-corrected chi connectivity index (χ2v) is 13.3. The fourth-order valence-electron chi connectivity index (χ4n) is 6.58. The summed E-state index contributed by atoms with van der Waals surface area (Å²) in [5.41, 5.74) is 4.38. The van der Waals surface area contributed by atoms with E-state index in [1.807, 2.05) is 6.07 Å². The SMILES string of the molecule is CCCCCCCCCCCCc1ccc(O)c(CCCCCCCCCC)c1CCCCCCCCCCCC. The number of benzene rings is 1. The summed E-state index contributed by atoms with van der Waals surface area (Å²) in [7, 11) is 0. The largest absolute Gasteiger partial charge is 0.508 e. The minimum atomic E-state index is 0.571. The van der Waals surface area contributed by atoms with E-state index >= 15 is 0 Å². The topological polar surface area (TPSA) is 20.2 Å².